The van der Waals surface area contributed by atoms with Gasteiger partial charge in [0.1, 0.15) is 29.4 Å². The molecule has 1 aromatic carbocycles. The second kappa shape index (κ2) is 5.55. The van der Waals surface area contributed by atoms with Gasteiger partial charge in [-0.15, -0.1) is 0 Å². The van der Waals surface area contributed by atoms with Crippen LogP contribution in [0.15, 0.2) is 29.4 Å². The van der Waals surface area contributed by atoms with Gasteiger partial charge in [0, 0.05) is 6.54 Å². The van der Waals surface area contributed by atoms with Crippen molar-refractivity contribution >= 4 is 10.0 Å². The van der Waals surface area contributed by atoms with Crippen LogP contribution in [0.3, 0.4) is 0 Å². The Morgan fingerprint density at radius 2 is 2.20 bits per heavy atom. The minimum Gasteiger partial charge on any atom is -0.484 e. The molecule has 2 N–H and O–H groups in total. The van der Waals surface area contributed by atoms with E-state index < -0.39 is 20.7 Å². The van der Waals surface area contributed by atoms with Crippen LogP contribution in [0.4, 0.5) is 4.39 Å². The molecule has 0 unspecified atom stereocenters. The Bertz CT molecular complexity index is 714. The highest BCUT2D eigenvalue weighted by Gasteiger charge is 2.17. The summed E-state index contributed by atoms with van der Waals surface area (Å²) in [6.07, 6.45) is 1.37. The Hall–Kier alpha value is -2.00. The predicted octanol–water partition coefficient (Wildman–Crippen LogP) is 0.664. The van der Waals surface area contributed by atoms with E-state index in [4.69, 9.17) is 9.88 Å². The third-order valence-corrected chi connectivity index (χ3v) is 3.50. The molecule has 0 saturated heterocycles. The lowest BCUT2D eigenvalue weighted by Crippen LogP contribution is -2.15. The highest BCUT2D eigenvalue weighted by atomic mass is 32.2. The van der Waals surface area contributed by atoms with Crippen molar-refractivity contribution in [2.45, 2.75) is 25.0 Å². The Labute approximate surface area is 115 Å². The predicted molar refractivity (Wildman–Crippen MR) is 67.8 cm³/mol. The van der Waals surface area contributed by atoms with E-state index in [1.807, 2.05) is 6.92 Å². The highest BCUT2D eigenvalue weighted by molar-refractivity contribution is 7.89. The summed E-state index contributed by atoms with van der Waals surface area (Å²) in [7, 11) is -4.07. The lowest BCUT2D eigenvalue weighted by Gasteiger charge is -2.10. The van der Waals surface area contributed by atoms with Crippen LogP contribution in [-0.4, -0.2) is 23.2 Å². The van der Waals surface area contributed by atoms with Crippen molar-refractivity contribution in [3.63, 3.8) is 0 Å². The van der Waals surface area contributed by atoms with Crippen molar-refractivity contribution in [1.82, 2.24) is 14.8 Å². The van der Waals surface area contributed by atoms with Crippen molar-refractivity contribution < 1.29 is 17.5 Å². The number of hydrogen-bond donors (Lipinski definition) is 1. The van der Waals surface area contributed by atoms with E-state index in [9.17, 15) is 12.8 Å². The summed E-state index contributed by atoms with van der Waals surface area (Å²) in [6.45, 7) is 2.48. The number of aromatic nitrogens is 3. The van der Waals surface area contributed by atoms with Crippen LogP contribution in [0.25, 0.3) is 0 Å². The monoisotopic (exact) mass is 300 g/mol. The maximum atomic E-state index is 13.1. The molecule has 0 aliphatic carbocycles. The average molecular weight is 300 g/mol. The molecule has 0 amide bonds. The first kappa shape index (κ1) is 14.4. The Morgan fingerprint density at radius 3 is 2.85 bits per heavy atom. The molecule has 108 valence electrons. The van der Waals surface area contributed by atoms with E-state index in [1.54, 1.807) is 4.68 Å². The largest absolute Gasteiger partial charge is 0.484 e. The van der Waals surface area contributed by atoms with Crippen molar-refractivity contribution in [1.29, 1.82) is 0 Å². The lowest BCUT2D eigenvalue weighted by molar-refractivity contribution is 0.279. The van der Waals surface area contributed by atoms with E-state index in [-0.39, 0.29) is 12.4 Å². The van der Waals surface area contributed by atoms with Crippen LogP contribution >= 0.6 is 0 Å². The van der Waals surface area contributed by atoms with E-state index in [0.29, 0.717) is 12.4 Å². The lowest BCUT2D eigenvalue weighted by atomic mass is 10.3. The molecule has 0 radical (unpaired) electrons. The third-order valence-electron chi connectivity index (χ3n) is 2.56. The fraction of sp³-hybridized carbons (Fsp3) is 0.273. The average Bonchev–Trinajstić information content (AvgIpc) is 2.83. The molecular formula is C11H13FN4O3S. The second-order valence-electron chi connectivity index (χ2n) is 3.92. The molecule has 7 nitrogen and oxygen atoms in total. The minimum absolute atomic E-state index is 0.00198. The summed E-state index contributed by atoms with van der Waals surface area (Å²) in [5, 5.41) is 8.98. The SMILES string of the molecule is CCn1ncnc1COc1ccc(F)cc1S(N)(=O)=O. The van der Waals surface area contributed by atoms with E-state index in [2.05, 4.69) is 10.1 Å². The number of hydrogen-bond acceptors (Lipinski definition) is 5. The smallest absolute Gasteiger partial charge is 0.241 e. The molecule has 0 aliphatic heterocycles. The summed E-state index contributed by atoms with van der Waals surface area (Å²) in [5.74, 6) is -0.213. The van der Waals surface area contributed by atoms with Crippen LogP contribution in [0.1, 0.15) is 12.7 Å². The number of aryl methyl sites for hydroxylation is 1. The number of nitrogens with zero attached hydrogens (tertiary/aromatic N) is 3. The van der Waals surface area contributed by atoms with Gasteiger partial charge in [0.05, 0.1) is 0 Å². The van der Waals surface area contributed by atoms with Crippen molar-refractivity contribution in [3.8, 4) is 5.75 Å². The summed E-state index contributed by atoms with van der Waals surface area (Å²) in [6, 6.07) is 3.12. The first-order valence-electron chi connectivity index (χ1n) is 5.73. The van der Waals surface area contributed by atoms with Crippen LogP contribution in [0.2, 0.25) is 0 Å². The minimum atomic E-state index is -4.07. The molecule has 0 saturated carbocycles. The molecule has 0 aliphatic rings. The van der Waals surface area contributed by atoms with Gasteiger partial charge >= 0.3 is 0 Å². The number of ether oxygens (including phenoxy) is 1. The van der Waals surface area contributed by atoms with Gasteiger partial charge in [0.15, 0.2) is 5.82 Å². The molecule has 2 rings (SSSR count). The van der Waals surface area contributed by atoms with Crippen LogP contribution in [0, 0.1) is 5.82 Å². The Morgan fingerprint density at radius 1 is 1.45 bits per heavy atom. The zero-order valence-corrected chi connectivity index (χ0v) is 11.5. The molecule has 0 spiro atoms. The van der Waals surface area contributed by atoms with E-state index in [1.165, 1.54) is 12.4 Å². The van der Waals surface area contributed by atoms with Gasteiger partial charge in [0.2, 0.25) is 10.0 Å². The molecule has 1 aromatic heterocycles. The van der Waals surface area contributed by atoms with Gasteiger partial charge in [-0.25, -0.2) is 27.6 Å². The number of halogens is 1. The highest BCUT2D eigenvalue weighted by Crippen LogP contribution is 2.24. The molecule has 1 heterocycles. The zero-order chi connectivity index (χ0) is 14.8. The molecule has 9 heteroatoms. The summed E-state index contributed by atoms with van der Waals surface area (Å²) in [5.41, 5.74) is 0. The molecule has 0 atom stereocenters. The number of sulfonamides is 1. The maximum absolute atomic E-state index is 13.1. The van der Waals surface area contributed by atoms with Crippen LogP contribution < -0.4 is 9.88 Å². The standard InChI is InChI=1S/C11H13FN4O3S/c1-2-16-11(14-7-15-16)6-19-9-4-3-8(12)5-10(9)20(13,17)18/h3-5,7H,2,6H2,1H3,(H2,13,17,18). The van der Waals surface area contributed by atoms with E-state index in [0.717, 1.165) is 12.1 Å². The van der Waals surface area contributed by atoms with Crippen molar-refractivity contribution in [2.75, 3.05) is 0 Å². The number of rotatable bonds is 5. The van der Waals surface area contributed by atoms with Crippen molar-refractivity contribution in [3.05, 3.63) is 36.2 Å². The normalized spacial score (nSPS) is 11.6. The van der Waals surface area contributed by atoms with Crippen LogP contribution in [0.5, 0.6) is 5.75 Å². The van der Waals surface area contributed by atoms with Gasteiger partial charge in [0.25, 0.3) is 0 Å². The Balaban J connectivity index is 2.26. The summed E-state index contributed by atoms with van der Waals surface area (Å²) in [4.78, 5) is 3.58. The second-order valence-corrected chi connectivity index (χ2v) is 5.45. The molecule has 0 bridgehead atoms. The fourth-order valence-corrected chi connectivity index (χ4v) is 2.31. The van der Waals surface area contributed by atoms with Gasteiger partial charge in [-0.3, -0.25) is 0 Å². The summed E-state index contributed by atoms with van der Waals surface area (Å²) >= 11 is 0. The Kier molecular flexibility index (Phi) is 4.00. The molecule has 0 fully saturated rings. The van der Waals surface area contributed by atoms with Gasteiger partial charge in [-0.05, 0) is 25.1 Å². The maximum Gasteiger partial charge on any atom is 0.241 e. The number of nitrogens with two attached hydrogens (primary N) is 1. The first-order valence-corrected chi connectivity index (χ1v) is 7.28. The molecule has 2 aromatic rings. The molecular weight excluding hydrogens is 287 g/mol. The van der Waals surface area contributed by atoms with Gasteiger partial charge in [-0.1, -0.05) is 0 Å². The number of primary sulfonamides is 1. The topological polar surface area (TPSA) is 100 Å². The van der Waals surface area contributed by atoms with E-state index >= 15 is 0 Å². The number of benzene rings is 1. The third kappa shape index (κ3) is 3.11. The quantitative estimate of drug-likeness (QED) is 0.874. The van der Waals surface area contributed by atoms with Gasteiger partial charge in [-0.2, -0.15) is 5.10 Å². The van der Waals surface area contributed by atoms with Gasteiger partial charge < -0.3 is 4.74 Å². The summed E-state index contributed by atoms with van der Waals surface area (Å²) < 4.78 is 42.8. The fourth-order valence-electron chi connectivity index (χ4n) is 1.63. The van der Waals surface area contributed by atoms with Crippen LogP contribution in [-0.2, 0) is 23.2 Å². The molecule has 20 heavy (non-hydrogen) atoms. The first-order chi connectivity index (χ1) is 9.41. The van der Waals surface area contributed by atoms with Crippen molar-refractivity contribution in [2.24, 2.45) is 5.14 Å². The zero-order valence-electron chi connectivity index (χ0n) is 10.7.